The molecule has 0 unspecified atom stereocenters. The number of nitrogen functional groups attached to an aromatic ring is 1. The summed E-state index contributed by atoms with van der Waals surface area (Å²) in [6.07, 6.45) is 5.79. The number of methoxy groups -OCH3 is 1. The highest BCUT2D eigenvalue weighted by Gasteiger charge is 2.36. The maximum absolute atomic E-state index is 12.7. The molecule has 4 aliphatic rings. The first-order valence-corrected chi connectivity index (χ1v) is 14.2. The number of halogens is 1. The first-order valence-electron chi connectivity index (χ1n) is 13.1. The number of anilines is 1. The number of amides is 1. The SMILES string of the molecule is COc1cc(N)c(I)cc1C(=O)NC[C@H]1CN(CCCCCC(=O)O[C@H]2CN3CCC2CC3)CCO1. The summed E-state index contributed by atoms with van der Waals surface area (Å²) in [4.78, 5) is 29.8. The summed E-state index contributed by atoms with van der Waals surface area (Å²) in [5.74, 6) is 0.790. The number of nitrogens with two attached hydrogens (primary N) is 1. The Morgan fingerprint density at radius 2 is 1.97 bits per heavy atom. The summed E-state index contributed by atoms with van der Waals surface area (Å²) < 4.78 is 17.8. The molecule has 200 valence electrons. The predicted molar refractivity (Wildman–Crippen MR) is 146 cm³/mol. The molecular formula is C26H39IN4O5. The van der Waals surface area contributed by atoms with E-state index in [1.807, 2.05) is 0 Å². The van der Waals surface area contributed by atoms with Crippen molar-refractivity contribution in [1.29, 1.82) is 0 Å². The van der Waals surface area contributed by atoms with Gasteiger partial charge in [0.15, 0.2) is 0 Å². The minimum Gasteiger partial charge on any atom is -0.496 e. The number of unbranched alkanes of at least 4 members (excludes halogenated alkanes) is 2. The molecule has 10 heteroatoms. The summed E-state index contributed by atoms with van der Waals surface area (Å²) in [5.41, 5.74) is 6.98. The highest BCUT2D eigenvalue weighted by Crippen LogP contribution is 2.30. The second kappa shape index (κ2) is 13.3. The quantitative estimate of drug-likeness (QED) is 0.170. The summed E-state index contributed by atoms with van der Waals surface area (Å²) in [7, 11) is 1.53. The van der Waals surface area contributed by atoms with Crippen molar-refractivity contribution in [2.45, 2.75) is 50.7 Å². The fourth-order valence-electron chi connectivity index (χ4n) is 5.38. The number of ether oxygens (including phenoxy) is 3. The number of nitrogens with one attached hydrogen (secondary N) is 1. The number of piperidine rings is 3. The number of esters is 1. The Balaban J connectivity index is 1.11. The molecule has 0 radical (unpaired) electrons. The van der Waals surface area contributed by atoms with Crippen molar-refractivity contribution in [2.24, 2.45) is 5.92 Å². The van der Waals surface area contributed by atoms with E-state index in [4.69, 9.17) is 19.9 Å². The first kappa shape index (κ1) is 27.4. The topological polar surface area (TPSA) is 106 Å². The number of benzene rings is 1. The zero-order valence-electron chi connectivity index (χ0n) is 21.2. The van der Waals surface area contributed by atoms with E-state index in [9.17, 15) is 9.59 Å². The lowest BCUT2D eigenvalue weighted by Gasteiger charge is -2.43. The Morgan fingerprint density at radius 1 is 1.17 bits per heavy atom. The number of carbonyl (C=O) groups is 2. The molecule has 1 aromatic carbocycles. The van der Waals surface area contributed by atoms with E-state index in [-0.39, 0.29) is 24.1 Å². The smallest absolute Gasteiger partial charge is 0.306 e. The van der Waals surface area contributed by atoms with Crippen LogP contribution < -0.4 is 15.8 Å². The summed E-state index contributed by atoms with van der Waals surface area (Å²) in [6, 6.07) is 3.41. The van der Waals surface area contributed by atoms with Crippen LogP contribution in [0.2, 0.25) is 0 Å². The molecule has 4 aliphatic heterocycles. The first-order chi connectivity index (χ1) is 17.4. The van der Waals surface area contributed by atoms with Gasteiger partial charge in [-0.15, -0.1) is 0 Å². The molecule has 9 nitrogen and oxygen atoms in total. The molecule has 2 bridgehead atoms. The van der Waals surface area contributed by atoms with E-state index in [0.29, 0.717) is 42.5 Å². The van der Waals surface area contributed by atoms with Gasteiger partial charge in [0, 0.05) is 47.9 Å². The van der Waals surface area contributed by atoms with E-state index in [2.05, 4.69) is 37.7 Å². The van der Waals surface area contributed by atoms with Crippen molar-refractivity contribution >= 4 is 40.2 Å². The Bertz CT molecular complexity index is 909. The van der Waals surface area contributed by atoms with Gasteiger partial charge in [-0.2, -0.15) is 0 Å². The second-order valence-electron chi connectivity index (χ2n) is 10.1. The predicted octanol–water partition coefficient (Wildman–Crippen LogP) is 2.51. The Hall–Kier alpha value is -1.63. The zero-order chi connectivity index (χ0) is 25.5. The van der Waals surface area contributed by atoms with Crippen molar-refractivity contribution in [3.05, 3.63) is 21.3 Å². The van der Waals surface area contributed by atoms with Crippen LogP contribution in [0, 0.1) is 9.49 Å². The summed E-state index contributed by atoms with van der Waals surface area (Å²) >= 11 is 2.11. The van der Waals surface area contributed by atoms with Gasteiger partial charge in [0.2, 0.25) is 0 Å². The van der Waals surface area contributed by atoms with Gasteiger partial charge in [-0.3, -0.25) is 19.4 Å². The average molecular weight is 615 g/mol. The molecular weight excluding hydrogens is 575 g/mol. The van der Waals surface area contributed by atoms with E-state index in [1.54, 1.807) is 12.1 Å². The molecule has 1 aromatic rings. The van der Waals surface area contributed by atoms with Crippen molar-refractivity contribution in [1.82, 2.24) is 15.1 Å². The number of fused-ring (bicyclic) bond motifs is 3. The number of carbonyl (C=O) groups excluding carboxylic acids is 2. The lowest BCUT2D eigenvalue weighted by molar-refractivity contribution is -0.158. The minimum atomic E-state index is -0.199. The van der Waals surface area contributed by atoms with E-state index in [1.165, 1.54) is 7.11 Å². The third-order valence-electron chi connectivity index (χ3n) is 7.51. The van der Waals surface area contributed by atoms with Crippen molar-refractivity contribution in [3.8, 4) is 5.75 Å². The van der Waals surface area contributed by atoms with Gasteiger partial charge in [0.05, 0.1) is 25.4 Å². The number of hydrogen-bond acceptors (Lipinski definition) is 8. The number of hydrogen-bond donors (Lipinski definition) is 2. The normalized spacial score (nSPS) is 25.9. The number of nitrogens with zero attached hydrogens (tertiary/aromatic N) is 2. The van der Waals surface area contributed by atoms with Gasteiger partial charge in [0.25, 0.3) is 5.91 Å². The fourth-order valence-corrected chi connectivity index (χ4v) is 5.84. The van der Waals surface area contributed by atoms with Gasteiger partial charge in [-0.1, -0.05) is 6.42 Å². The van der Waals surface area contributed by atoms with Crippen molar-refractivity contribution in [2.75, 3.05) is 65.3 Å². The molecule has 0 aliphatic carbocycles. The van der Waals surface area contributed by atoms with Crippen LogP contribution in [0.3, 0.4) is 0 Å². The molecule has 3 N–H and O–H groups in total. The van der Waals surface area contributed by atoms with Crippen LogP contribution in [-0.4, -0.2) is 93.4 Å². The molecule has 0 aromatic heterocycles. The summed E-state index contributed by atoms with van der Waals surface area (Å²) in [6.45, 7) is 6.94. The van der Waals surface area contributed by atoms with Gasteiger partial charge < -0.3 is 25.3 Å². The molecule has 5 rings (SSSR count). The lowest BCUT2D eigenvalue weighted by atomic mass is 9.86. The molecule has 4 saturated heterocycles. The maximum atomic E-state index is 12.7. The van der Waals surface area contributed by atoms with E-state index < -0.39 is 0 Å². The molecule has 2 atom stereocenters. The van der Waals surface area contributed by atoms with E-state index in [0.717, 1.165) is 74.9 Å². The van der Waals surface area contributed by atoms with Gasteiger partial charge in [-0.25, -0.2) is 0 Å². The molecule has 36 heavy (non-hydrogen) atoms. The van der Waals surface area contributed by atoms with Crippen LogP contribution in [0.4, 0.5) is 5.69 Å². The molecule has 0 spiro atoms. The fraction of sp³-hybridized carbons (Fsp3) is 0.692. The lowest BCUT2D eigenvalue weighted by Crippen LogP contribution is -2.51. The van der Waals surface area contributed by atoms with Gasteiger partial charge in [0.1, 0.15) is 11.9 Å². The maximum Gasteiger partial charge on any atom is 0.306 e. The van der Waals surface area contributed by atoms with Crippen LogP contribution in [0.1, 0.15) is 48.9 Å². The highest BCUT2D eigenvalue weighted by molar-refractivity contribution is 14.1. The Labute approximate surface area is 227 Å². The third kappa shape index (κ3) is 7.45. The van der Waals surface area contributed by atoms with Gasteiger partial charge >= 0.3 is 5.97 Å². The van der Waals surface area contributed by atoms with Crippen LogP contribution in [-0.2, 0) is 14.3 Å². The monoisotopic (exact) mass is 614 g/mol. The van der Waals surface area contributed by atoms with Crippen molar-refractivity contribution in [3.63, 3.8) is 0 Å². The number of morpholine rings is 1. The Morgan fingerprint density at radius 3 is 2.69 bits per heavy atom. The van der Waals surface area contributed by atoms with Crippen LogP contribution in [0.25, 0.3) is 0 Å². The highest BCUT2D eigenvalue weighted by atomic mass is 127. The largest absolute Gasteiger partial charge is 0.496 e. The Kier molecular flexibility index (Phi) is 10.1. The molecule has 4 fully saturated rings. The minimum absolute atomic E-state index is 0.0386. The number of rotatable bonds is 11. The molecule has 4 heterocycles. The van der Waals surface area contributed by atoms with Crippen molar-refractivity contribution < 1.29 is 23.8 Å². The zero-order valence-corrected chi connectivity index (χ0v) is 23.3. The summed E-state index contributed by atoms with van der Waals surface area (Å²) in [5, 5.41) is 2.97. The van der Waals surface area contributed by atoms with Crippen LogP contribution >= 0.6 is 22.6 Å². The molecule has 0 saturated carbocycles. The standard InChI is InChI=1S/C26H39IN4O5/c1-34-23-14-22(28)21(27)13-20(23)26(33)29-15-19-16-30(11-12-35-19)8-4-2-3-5-25(32)36-24-17-31-9-6-18(24)7-10-31/h13-14,18-19,24H,2-12,15-17,28H2,1H3,(H,29,33)/t19-,24-/m0/s1. The third-order valence-corrected chi connectivity index (χ3v) is 8.45. The average Bonchev–Trinajstić information content (AvgIpc) is 2.89. The second-order valence-corrected chi connectivity index (χ2v) is 11.2. The van der Waals surface area contributed by atoms with Crippen LogP contribution in [0.5, 0.6) is 5.75 Å². The van der Waals surface area contributed by atoms with Gasteiger partial charge in [-0.05, 0) is 79.9 Å². The van der Waals surface area contributed by atoms with E-state index >= 15 is 0 Å². The van der Waals surface area contributed by atoms with Crippen LogP contribution in [0.15, 0.2) is 12.1 Å². The molecule has 1 amide bonds.